The molecule has 12 heavy (non-hydrogen) atoms. The molecule has 0 fully saturated rings. The van der Waals surface area contributed by atoms with Gasteiger partial charge >= 0.3 is 0 Å². The molecule has 0 aromatic heterocycles. The topological polar surface area (TPSA) is 15.6 Å². The van der Waals surface area contributed by atoms with E-state index in [4.69, 9.17) is 0 Å². The van der Waals surface area contributed by atoms with Crippen molar-refractivity contribution in [2.24, 2.45) is 5.10 Å². The fourth-order valence-corrected chi connectivity index (χ4v) is 1.18. The summed E-state index contributed by atoms with van der Waals surface area (Å²) in [7, 11) is 0. The number of nitrogens with zero attached hydrogens (tertiary/aromatic N) is 2. The van der Waals surface area contributed by atoms with Crippen LogP contribution < -0.4 is 0 Å². The summed E-state index contributed by atoms with van der Waals surface area (Å²) in [5.41, 5.74) is 3.29. The van der Waals surface area contributed by atoms with Gasteiger partial charge in [-0.05, 0) is 36.3 Å². The van der Waals surface area contributed by atoms with Crippen LogP contribution in [0.2, 0.25) is 0 Å². The van der Waals surface area contributed by atoms with Crippen molar-refractivity contribution in [3.8, 4) is 0 Å². The summed E-state index contributed by atoms with van der Waals surface area (Å²) in [5.74, 6) is 0. The largest absolute Gasteiger partial charge is 0.241 e. The van der Waals surface area contributed by atoms with Gasteiger partial charge in [0.1, 0.15) is 0 Å². The van der Waals surface area contributed by atoms with Crippen LogP contribution in [0.1, 0.15) is 6.92 Å². The maximum absolute atomic E-state index is 4.17. The van der Waals surface area contributed by atoms with E-state index in [1.165, 1.54) is 0 Å². The van der Waals surface area contributed by atoms with Crippen LogP contribution in [0, 0.1) is 0 Å². The average Bonchev–Trinajstić information content (AvgIpc) is 2.07. The van der Waals surface area contributed by atoms with Crippen LogP contribution in [0.5, 0.6) is 0 Å². The molecule has 0 atom stereocenters. The molecule has 0 aliphatic carbocycles. The van der Waals surface area contributed by atoms with Gasteiger partial charge in [0.15, 0.2) is 0 Å². The van der Waals surface area contributed by atoms with Crippen molar-refractivity contribution in [2.75, 3.05) is 0 Å². The fraction of sp³-hybridized carbons (Fsp3) is 0.100. The minimum absolute atomic E-state index is 1.06. The van der Waals surface area contributed by atoms with Gasteiger partial charge < -0.3 is 0 Å². The highest BCUT2D eigenvalue weighted by Crippen LogP contribution is 2.23. The molecule has 0 amide bonds. The van der Waals surface area contributed by atoms with Crippen LogP contribution in [-0.4, -0.2) is 11.2 Å². The lowest BCUT2D eigenvalue weighted by Gasteiger charge is -2.23. The Bertz CT molecular complexity index is 343. The summed E-state index contributed by atoms with van der Waals surface area (Å²) in [6, 6.07) is 0. The zero-order chi connectivity index (χ0) is 8.55. The molecule has 2 nitrogen and oxygen atoms in total. The molecule has 0 aromatic rings. The fourth-order valence-electron chi connectivity index (χ4n) is 1.18. The zero-order valence-corrected chi connectivity index (χ0v) is 6.99. The van der Waals surface area contributed by atoms with E-state index in [0.29, 0.717) is 0 Å². The summed E-state index contributed by atoms with van der Waals surface area (Å²) >= 11 is 0. The highest BCUT2D eigenvalue weighted by Gasteiger charge is 2.11. The Morgan fingerprint density at radius 3 is 3.17 bits per heavy atom. The molecular weight excluding hydrogens is 148 g/mol. The zero-order valence-electron chi connectivity index (χ0n) is 6.99. The van der Waals surface area contributed by atoms with Gasteiger partial charge in [-0.1, -0.05) is 6.58 Å². The number of hydrogen-bond acceptors (Lipinski definition) is 2. The average molecular weight is 158 g/mol. The molecule has 0 spiro atoms. The maximum Gasteiger partial charge on any atom is 0.0652 e. The Labute approximate surface area is 71.9 Å². The second kappa shape index (κ2) is 2.48. The SMILES string of the molecule is C=C1C=C2C=CC=NN2C=C1C. The van der Waals surface area contributed by atoms with Gasteiger partial charge in [-0.3, -0.25) is 0 Å². The second-order valence-corrected chi connectivity index (χ2v) is 2.87. The Balaban J connectivity index is 2.41. The third-order valence-corrected chi connectivity index (χ3v) is 1.95. The molecule has 2 aliphatic rings. The molecule has 0 aromatic carbocycles. The summed E-state index contributed by atoms with van der Waals surface area (Å²) in [5, 5.41) is 6.02. The lowest BCUT2D eigenvalue weighted by Crippen LogP contribution is -2.15. The monoisotopic (exact) mass is 158 g/mol. The number of rotatable bonds is 0. The van der Waals surface area contributed by atoms with E-state index < -0.39 is 0 Å². The van der Waals surface area contributed by atoms with Crippen LogP contribution in [0.4, 0.5) is 0 Å². The van der Waals surface area contributed by atoms with Crippen molar-refractivity contribution in [2.45, 2.75) is 6.92 Å². The minimum Gasteiger partial charge on any atom is -0.241 e. The molecule has 0 bridgehead atoms. The van der Waals surface area contributed by atoms with Crippen LogP contribution in [-0.2, 0) is 0 Å². The van der Waals surface area contributed by atoms with Gasteiger partial charge in [-0.25, -0.2) is 5.01 Å². The first-order valence-corrected chi connectivity index (χ1v) is 3.86. The van der Waals surface area contributed by atoms with Gasteiger partial charge in [0.05, 0.1) is 5.70 Å². The van der Waals surface area contributed by atoms with Gasteiger partial charge in [-0.15, -0.1) is 0 Å². The molecule has 0 unspecified atom stereocenters. The highest BCUT2D eigenvalue weighted by molar-refractivity contribution is 5.73. The van der Waals surface area contributed by atoms with Crippen molar-refractivity contribution >= 4 is 6.21 Å². The van der Waals surface area contributed by atoms with Crippen LogP contribution >= 0.6 is 0 Å². The standard InChI is InChI=1S/C10H10N2/c1-8-6-10-4-3-5-11-12(10)7-9(8)2/h3-7H,1H2,2H3. The molecule has 0 radical (unpaired) electrons. The Kier molecular flexibility index (Phi) is 1.47. The number of hydrazone groups is 1. The Morgan fingerprint density at radius 2 is 2.33 bits per heavy atom. The second-order valence-electron chi connectivity index (χ2n) is 2.87. The predicted molar refractivity (Wildman–Crippen MR) is 50.5 cm³/mol. The summed E-state index contributed by atoms with van der Waals surface area (Å²) in [6.45, 7) is 5.96. The quantitative estimate of drug-likeness (QED) is 0.527. The Morgan fingerprint density at radius 1 is 1.50 bits per heavy atom. The first-order chi connectivity index (χ1) is 5.77. The van der Waals surface area contributed by atoms with E-state index in [1.807, 2.05) is 36.4 Å². The van der Waals surface area contributed by atoms with E-state index in [9.17, 15) is 0 Å². The summed E-state index contributed by atoms with van der Waals surface area (Å²) < 4.78 is 0. The smallest absolute Gasteiger partial charge is 0.0652 e. The van der Waals surface area contributed by atoms with Crippen LogP contribution in [0.25, 0.3) is 0 Å². The molecule has 0 N–H and O–H groups in total. The van der Waals surface area contributed by atoms with Crippen molar-refractivity contribution < 1.29 is 0 Å². The lowest BCUT2D eigenvalue weighted by molar-refractivity contribution is 0.504. The van der Waals surface area contributed by atoms with Crippen molar-refractivity contribution in [3.63, 3.8) is 0 Å². The third-order valence-electron chi connectivity index (χ3n) is 1.95. The first kappa shape index (κ1) is 7.10. The van der Waals surface area contributed by atoms with E-state index in [0.717, 1.165) is 16.8 Å². The highest BCUT2D eigenvalue weighted by atomic mass is 15.4. The van der Waals surface area contributed by atoms with Gasteiger partial charge in [0.25, 0.3) is 0 Å². The Hall–Kier alpha value is -1.57. The summed E-state index contributed by atoms with van der Waals surface area (Å²) in [4.78, 5) is 0. The summed E-state index contributed by atoms with van der Waals surface area (Å²) in [6.07, 6.45) is 9.72. The number of hydrogen-bond donors (Lipinski definition) is 0. The van der Waals surface area contributed by atoms with Gasteiger partial charge in [0, 0.05) is 12.4 Å². The molecule has 2 heterocycles. The van der Waals surface area contributed by atoms with E-state index in [1.54, 1.807) is 6.21 Å². The van der Waals surface area contributed by atoms with E-state index >= 15 is 0 Å². The first-order valence-electron chi connectivity index (χ1n) is 3.86. The molecule has 2 aliphatic heterocycles. The van der Waals surface area contributed by atoms with Crippen LogP contribution in [0.15, 0.2) is 53.0 Å². The molecule has 2 rings (SSSR count). The molecule has 0 saturated heterocycles. The predicted octanol–water partition coefficient (Wildman–Crippen LogP) is 2.20. The van der Waals surface area contributed by atoms with E-state index in [-0.39, 0.29) is 0 Å². The number of fused-ring (bicyclic) bond motifs is 1. The lowest BCUT2D eigenvalue weighted by atomic mass is 10.1. The van der Waals surface area contributed by atoms with Crippen molar-refractivity contribution in [3.05, 3.63) is 47.9 Å². The molecular formula is C10H10N2. The normalized spacial score (nSPS) is 20.4. The van der Waals surface area contributed by atoms with Gasteiger partial charge in [-0.2, -0.15) is 5.10 Å². The molecule has 0 saturated carbocycles. The molecule has 2 heteroatoms. The van der Waals surface area contributed by atoms with Gasteiger partial charge in [0.2, 0.25) is 0 Å². The van der Waals surface area contributed by atoms with Crippen molar-refractivity contribution in [1.29, 1.82) is 0 Å². The third kappa shape index (κ3) is 1.01. The van der Waals surface area contributed by atoms with E-state index in [2.05, 4.69) is 11.7 Å². The molecule has 60 valence electrons. The maximum atomic E-state index is 4.17. The minimum atomic E-state index is 1.06. The van der Waals surface area contributed by atoms with Crippen molar-refractivity contribution in [1.82, 2.24) is 5.01 Å². The van der Waals surface area contributed by atoms with Crippen LogP contribution in [0.3, 0.4) is 0 Å². The number of allylic oxidation sites excluding steroid dienone is 5.